The molecular formula is C35H40F3N7O3. The van der Waals surface area contributed by atoms with Gasteiger partial charge in [-0.1, -0.05) is 30.3 Å². The molecule has 2 aliphatic rings. The molecule has 2 fully saturated rings. The molecule has 4 N–H and O–H groups in total. The lowest BCUT2D eigenvalue weighted by atomic mass is 9.78. The van der Waals surface area contributed by atoms with E-state index in [1.54, 1.807) is 31.3 Å². The van der Waals surface area contributed by atoms with Crippen molar-refractivity contribution in [3.05, 3.63) is 77.1 Å². The number of halogens is 3. The van der Waals surface area contributed by atoms with Crippen LogP contribution in [0.25, 0.3) is 16.8 Å². The molecule has 1 atom stereocenters. The number of aromatic nitrogens is 4. The molecule has 0 aliphatic carbocycles. The van der Waals surface area contributed by atoms with E-state index in [1.165, 1.54) is 16.8 Å². The number of nitrogen functional groups attached to an aromatic ring is 1. The van der Waals surface area contributed by atoms with Crippen molar-refractivity contribution in [2.75, 3.05) is 36.8 Å². The lowest BCUT2D eigenvalue weighted by molar-refractivity contribution is -0.198. The summed E-state index contributed by atoms with van der Waals surface area (Å²) < 4.78 is 51.5. The van der Waals surface area contributed by atoms with Gasteiger partial charge in [0.1, 0.15) is 5.82 Å². The minimum absolute atomic E-state index is 0.0874. The Morgan fingerprint density at radius 1 is 1.00 bits per heavy atom. The van der Waals surface area contributed by atoms with Crippen molar-refractivity contribution >= 4 is 18.2 Å². The average molecular weight is 664 g/mol. The SMILES string of the molecule is C#C.Cc1ccn(-c2cc(-c3ccc(C)c(C)c3)ccc2[C@@H](Oc2cc(N3CCC4(CCNC4)CC3)nc(N)n2)C(F)(F)F)n1.O=CO. The van der Waals surface area contributed by atoms with Crippen LogP contribution in [0.15, 0.2) is 54.7 Å². The van der Waals surface area contributed by atoms with E-state index in [-0.39, 0.29) is 35.0 Å². The number of hydrogen-bond donors (Lipinski definition) is 3. The Hall–Kier alpha value is -5.09. The minimum atomic E-state index is -4.76. The van der Waals surface area contributed by atoms with E-state index in [1.807, 2.05) is 36.9 Å². The lowest BCUT2D eigenvalue weighted by Gasteiger charge is -2.39. The first-order chi connectivity index (χ1) is 22.9. The number of nitrogens with zero attached hydrogens (tertiary/aromatic N) is 5. The number of benzene rings is 2. The first-order valence-corrected chi connectivity index (χ1v) is 15.4. The molecule has 0 bridgehead atoms. The van der Waals surface area contributed by atoms with Gasteiger partial charge in [0.05, 0.1) is 11.4 Å². The molecule has 0 saturated carbocycles. The summed E-state index contributed by atoms with van der Waals surface area (Å²) in [5.74, 6) is 0.106. The van der Waals surface area contributed by atoms with E-state index >= 15 is 0 Å². The number of aryl methyl sites for hydroxylation is 3. The summed E-state index contributed by atoms with van der Waals surface area (Å²) in [4.78, 5) is 18.8. The van der Waals surface area contributed by atoms with Gasteiger partial charge in [-0.2, -0.15) is 28.2 Å². The number of hydrogen-bond acceptors (Lipinski definition) is 8. The van der Waals surface area contributed by atoms with Crippen molar-refractivity contribution in [2.45, 2.75) is 52.3 Å². The molecule has 0 amide bonds. The number of carbonyl (C=O) groups is 1. The third-order valence-electron chi connectivity index (χ3n) is 8.84. The third-order valence-corrected chi connectivity index (χ3v) is 8.84. The van der Waals surface area contributed by atoms with Crippen molar-refractivity contribution in [3.8, 4) is 35.5 Å². The molecule has 0 unspecified atom stereocenters. The van der Waals surface area contributed by atoms with E-state index in [4.69, 9.17) is 20.4 Å². The predicted octanol–water partition coefficient (Wildman–Crippen LogP) is 6.05. The van der Waals surface area contributed by atoms with Crippen molar-refractivity contribution < 1.29 is 27.8 Å². The van der Waals surface area contributed by atoms with Crippen LogP contribution < -0.4 is 20.7 Å². The van der Waals surface area contributed by atoms with Gasteiger partial charge in [-0.25, -0.2) is 4.68 Å². The van der Waals surface area contributed by atoms with Crippen molar-refractivity contribution in [2.24, 2.45) is 5.41 Å². The van der Waals surface area contributed by atoms with Gasteiger partial charge in [-0.05, 0) is 86.4 Å². The van der Waals surface area contributed by atoms with Crippen LogP contribution in [-0.4, -0.2) is 63.7 Å². The van der Waals surface area contributed by atoms with Crippen LogP contribution >= 0.6 is 0 Å². The number of nitrogens with one attached hydrogen (secondary N) is 1. The second kappa shape index (κ2) is 15.2. The van der Waals surface area contributed by atoms with Crippen LogP contribution in [0.2, 0.25) is 0 Å². The number of carboxylic acid groups (broad SMARTS) is 1. The maximum atomic E-state index is 14.8. The number of anilines is 2. The van der Waals surface area contributed by atoms with Gasteiger partial charge in [0, 0.05) is 37.5 Å². The molecule has 1 spiro atoms. The highest BCUT2D eigenvalue weighted by Crippen LogP contribution is 2.42. The zero-order valence-electron chi connectivity index (χ0n) is 27.2. The zero-order valence-corrected chi connectivity index (χ0v) is 27.2. The van der Waals surface area contributed by atoms with E-state index in [0.29, 0.717) is 11.5 Å². The molecule has 4 heterocycles. The standard InChI is InChI=1S/C32H36F3N7O.C2H2.CH2O2/c1-20-4-5-23(16-21(20)2)24-6-7-25(26(17-24)42-13-8-22(3)40-42)29(32(33,34)35)43-28-18-27(38-30(36)39-28)41-14-10-31(11-15-41)9-12-37-19-31;1-2;2-1-3/h4-8,13,16-18,29,37H,9-12,14-15,19H2,1-3H3,(H2,36,38,39);1-2H;1H,(H,2,3)/t29-;;/m1../s1. The summed E-state index contributed by atoms with van der Waals surface area (Å²) >= 11 is 0. The third kappa shape index (κ3) is 8.24. The van der Waals surface area contributed by atoms with Gasteiger partial charge in [-0.3, -0.25) is 4.79 Å². The fourth-order valence-corrected chi connectivity index (χ4v) is 6.13. The molecule has 13 heteroatoms. The maximum absolute atomic E-state index is 14.8. The van der Waals surface area contributed by atoms with Crippen LogP contribution in [-0.2, 0) is 4.79 Å². The molecule has 2 aromatic carbocycles. The smallest absolute Gasteiger partial charge is 0.429 e. The summed E-state index contributed by atoms with van der Waals surface area (Å²) in [6, 6.07) is 14.1. The van der Waals surface area contributed by atoms with Crippen LogP contribution in [0.5, 0.6) is 5.88 Å². The first-order valence-electron chi connectivity index (χ1n) is 15.4. The lowest BCUT2D eigenvalue weighted by Crippen LogP contribution is -2.41. The van der Waals surface area contributed by atoms with E-state index in [2.05, 4.69) is 33.2 Å². The molecule has 10 nitrogen and oxygen atoms in total. The van der Waals surface area contributed by atoms with Crippen LogP contribution in [0.3, 0.4) is 0 Å². The first kappa shape index (κ1) is 35.8. The van der Waals surface area contributed by atoms with Crippen LogP contribution in [0.1, 0.15) is 47.8 Å². The minimum Gasteiger partial charge on any atom is -0.483 e. The van der Waals surface area contributed by atoms with Gasteiger partial charge < -0.3 is 25.8 Å². The molecule has 2 saturated heterocycles. The second-order valence-corrected chi connectivity index (χ2v) is 12.0. The molecule has 2 aromatic heterocycles. The summed E-state index contributed by atoms with van der Waals surface area (Å²) in [7, 11) is 0. The topological polar surface area (TPSA) is 131 Å². The largest absolute Gasteiger partial charge is 0.483 e. The predicted molar refractivity (Wildman–Crippen MR) is 179 cm³/mol. The Balaban J connectivity index is 0.000000986. The number of nitrogens with two attached hydrogens (primary N) is 1. The normalized spacial score (nSPS) is 15.9. The Bertz CT molecular complexity index is 1720. The highest BCUT2D eigenvalue weighted by molar-refractivity contribution is 5.69. The van der Waals surface area contributed by atoms with Gasteiger partial charge in [-0.15, -0.1) is 12.8 Å². The van der Waals surface area contributed by atoms with Gasteiger partial charge in [0.25, 0.3) is 6.47 Å². The monoisotopic (exact) mass is 663 g/mol. The van der Waals surface area contributed by atoms with Crippen molar-refractivity contribution in [3.63, 3.8) is 0 Å². The Labute approximate surface area is 278 Å². The molecule has 6 rings (SSSR count). The van der Waals surface area contributed by atoms with E-state index in [0.717, 1.165) is 67.7 Å². The number of alkyl halides is 3. The Kier molecular flexibility index (Phi) is 11.3. The number of terminal acetylenes is 1. The summed E-state index contributed by atoms with van der Waals surface area (Å²) in [5.41, 5.74) is 11.0. The zero-order chi connectivity index (χ0) is 35.1. The fraction of sp³-hybridized carbons (Fsp3) is 0.371. The molecule has 254 valence electrons. The highest BCUT2D eigenvalue weighted by Gasteiger charge is 2.45. The number of rotatable bonds is 6. The Morgan fingerprint density at radius 3 is 2.25 bits per heavy atom. The van der Waals surface area contributed by atoms with E-state index in [9.17, 15) is 13.2 Å². The second-order valence-electron chi connectivity index (χ2n) is 12.0. The number of piperidine rings is 1. The molecule has 0 radical (unpaired) electrons. The molecule has 2 aliphatic heterocycles. The Morgan fingerprint density at radius 2 is 1.67 bits per heavy atom. The van der Waals surface area contributed by atoms with Crippen LogP contribution in [0.4, 0.5) is 24.9 Å². The summed E-state index contributed by atoms with van der Waals surface area (Å²) in [5, 5.41) is 14.8. The fourth-order valence-electron chi connectivity index (χ4n) is 6.13. The highest BCUT2D eigenvalue weighted by atomic mass is 19.4. The molecule has 48 heavy (non-hydrogen) atoms. The van der Waals surface area contributed by atoms with Gasteiger partial charge in [0.2, 0.25) is 17.9 Å². The van der Waals surface area contributed by atoms with Crippen molar-refractivity contribution in [1.82, 2.24) is 25.1 Å². The summed E-state index contributed by atoms with van der Waals surface area (Å²) in [6.07, 6.45) is 5.66. The van der Waals surface area contributed by atoms with Crippen molar-refractivity contribution in [1.29, 1.82) is 0 Å². The number of ether oxygens (including phenoxy) is 1. The summed E-state index contributed by atoms with van der Waals surface area (Å²) in [6.45, 7) is 9.06. The maximum Gasteiger partial charge on any atom is 0.429 e. The van der Waals surface area contributed by atoms with E-state index < -0.39 is 12.3 Å². The average Bonchev–Trinajstić information content (AvgIpc) is 3.71. The molecule has 4 aromatic rings. The van der Waals surface area contributed by atoms with Gasteiger partial charge >= 0.3 is 6.18 Å². The molecular weight excluding hydrogens is 623 g/mol. The van der Waals surface area contributed by atoms with Crippen LogP contribution in [0, 0.1) is 39.0 Å². The van der Waals surface area contributed by atoms with Gasteiger partial charge in [0.15, 0.2) is 0 Å². The quantitative estimate of drug-likeness (QED) is 0.167.